The number of benzene rings is 1. The number of nitrogens with zero attached hydrogens (tertiary/aromatic N) is 3. The molecule has 0 bridgehead atoms. The molecule has 6 nitrogen and oxygen atoms in total. The van der Waals surface area contributed by atoms with E-state index in [1.165, 1.54) is 0 Å². The van der Waals surface area contributed by atoms with Gasteiger partial charge in [-0.1, -0.05) is 24.3 Å². The lowest BCUT2D eigenvalue weighted by Gasteiger charge is -2.34. The number of halogens is 3. The van der Waals surface area contributed by atoms with Crippen LogP contribution in [0, 0.1) is 6.92 Å². The summed E-state index contributed by atoms with van der Waals surface area (Å²) in [6.07, 6.45) is -4.32. The van der Waals surface area contributed by atoms with E-state index in [0.717, 1.165) is 35.9 Å². The average molecular weight is 443 g/mol. The Morgan fingerprint density at radius 1 is 1.17 bits per heavy atom. The van der Waals surface area contributed by atoms with E-state index < -0.39 is 12.8 Å². The summed E-state index contributed by atoms with van der Waals surface area (Å²) < 4.78 is 40.9. The zero-order valence-electron chi connectivity index (χ0n) is 16.7. The van der Waals surface area contributed by atoms with Gasteiger partial charge in [-0.3, -0.25) is 4.90 Å². The molecule has 1 aromatic carbocycles. The number of aromatic nitrogens is 1. The minimum Gasteiger partial charge on any atom is -0.367 e. The minimum absolute atomic E-state index is 0.100. The van der Waals surface area contributed by atoms with Crippen LogP contribution >= 0.6 is 11.3 Å². The number of hydrogen-bond donors (Lipinski definition) is 1. The Hall–Kier alpha value is -2.17. The van der Waals surface area contributed by atoms with Crippen molar-refractivity contribution in [3.05, 3.63) is 51.5 Å². The number of ether oxygens (including phenoxy) is 1. The van der Waals surface area contributed by atoms with E-state index in [9.17, 15) is 18.0 Å². The molecule has 0 radical (unpaired) electrons. The standard InChI is InChI=1S/C20H25F3N4O2S/c1-15-25-18(13-30-15)11-26-6-8-27(9-7-26)19(28)24-10-16-2-4-17(5-3-16)12-29-14-20(21,22)23/h2-5,13H,6-12,14H2,1H3,(H,24,28). The highest BCUT2D eigenvalue weighted by Gasteiger charge is 2.27. The number of carbonyl (C=O) groups is 1. The molecule has 2 amide bonds. The van der Waals surface area contributed by atoms with Gasteiger partial charge in [-0.15, -0.1) is 11.3 Å². The third-order valence-electron chi connectivity index (χ3n) is 4.71. The lowest BCUT2D eigenvalue weighted by Crippen LogP contribution is -2.51. The molecule has 0 saturated carbocycles. The first kappa shape index (κ1) is 22.5. The van der Waals surface area contributed by atoms with E-state index in [1.54, 1.807) is 40.5 Å². The fraction of sp³-hybridized carbons (Fsp3) is 0.500. The number of aryl methyl sites for hydroxylation is 1. The quantitative estimate of drug-likeness (QED) is 0.713. The zero-order chi connectivity index (χ0) is 21.6. The van der Waals surface area contributed by atoms with Gasteiger partial charge >= 0.3 is 12.2 Å². The molecule has 0 spiro atoms. The average Bonchev–Trinajstić information content (AvgIpc) is 3.11. The Kier molecular flexibility index (Phi) is 7.68. The first-order valence-corrected chi connectivity index (χ1v) is 10.5. The van der Waals surface area contributed by atoms with Gasteiger partial charge < -0.3 is 15.0 Å². The van der Waals surface area contributed by atoms with E-state index in [0.29, 0.717) is 25.2 Å². The van der Waals surface area contributed by atoms with Crippen molar-refractivity contribution in [2.45, 2.75) is 32.8 Å². The molecule has 10 heteroatoms. The van der Waals surface area contributed by atoms with Crippen LogP contribution in [-0.4, -0.2) is 59.8 Å². The number of urea groups is 1. The Balaban J connectivity index is 1.36. The van der Waals surface area contributed by atoms with Crippen molar-refractivity contribution in [2.24, 2.45) is 0 Å². The number of rotatable bonds is 7. The van der Waals surface area contributed by atoms with Crippen molar-refractivity contribution in [1.29, 1.82) is 0 Å². The molecule has 1 aliphatic rings. The van der Waals surface area contributed by atoms with Crippen LogP contribution in [0.3, 0.4) is 0 Å². The van der Waals surface area contributed by atoms with Gasteiger partial charge in [0.2, 0.25) is 0 Å². The van der Waals surface area contributed by atoms with E-state index >= 15 is 0 Å². The van der Waals surface area contributed by atoms with Crippen molar-refractivity contribution < 1.29 is 22.7 Å². The molecule has 30 heavy (non-hydrogen) atoms. The van der Waals surface area contributed by atoms with E-state index in [-0.39, 0.29) is 12.6 Å². The number of piperazine rings is 1. The summed E-state index contributed by atoms with van der Waals surface area (Å²) >= 11 is 1.64. The summed E-state index contributed by atoms with van der Waals surface area (Å²) in [5.74, 6) is 0. The van der Waals surface area contributed by atoms with Crippen LogP contribution in [-0.2, 0) is 24.4 Å². The van der Waals surface area contributed by atoms with Gasteiger partial charge in [0.1, 0.15) is 6.61 Å². The summed E-state index contributed by atoms with van der Waals surface area (Å²) in [7, 11) is 0. The fourth-order valence-electron chi connectivity index (χ4n) is 3.15. The second-order valence-corrected chi connectivity index (χ2v) is 8.27. The fourth-order valence-corrected chi connectivity index (χ4v) is 3.75. The summed E-state index contributed by atoms with van der Waals surface area (Å²) in [5.41, 5.74) is 2.60. The van der Waals surface area contributed by atoms with E-state index in [4.69, 9.17) is 0 Å². The number of hydrogen-bond acceptors (Lipinski definition) is 5. The molecule has 1 N–H and O–H groups in total. The largest absolute Gasteiger partial charge is 0.411 e. The van der Waals surface area contributed by atoms with Crippen molar-refractivity contribution in [3.63, 3.8) is 0 Å². The molecule has 1 aromatic heterocycles. The highest BCUT2D eigenvalue weighted by Crippen LogP contribution is 2.16. The molecule has 1 saturated heterocycles. The van der Waals surface area contributed by atoms with Gasteiger partial charge in [0.05, 0.1) is 17.3 Å². The monoisotopic (exact) mass is 442 g/mol. The third kappa shape index (κ3) is 7.26. The molecule has 1 aliphatic heterocycles. The van der Waals surface area contributed by atoms with Gasteiger partial charge in [0.25, 0.3) is 0 Å². The molecule has 3 rings (SSSR count). The van der Waals surface area contributed by atoms with Crippen LogP contribution in [0.4, 0.5) is 18.0 Å². The molecular formula is C20H25F3N4O2S. The van der Waals surface area contributed by atoms with Crippen LogP contribution < -0.4 is 5.32 Å². The Bertz CT molecular complexity index is 818. The maximum Gasteiger partial charge on any atom is 0.411 e. The Morgan fingerprint density at radius 2 is 1.83 bits per heavy atom. The summed E-state index contributed by atoms with van der Waals surface area (Å²) in [6.45, 7) is 4.71. The maximum absolute atomic E-state index is 12.4. The van der Waals surface area contributed by atoms with Crippen molar-refractivity contribution >= 4 is 17.4 Å². The van der Waals surface area contributed by atoms with Gasteiger partial charge in [0.15, 0.2) is 0 Å². The summed E-state index contributed by atoms with van der Waals surface area (Å²) in [6, 6.07) is 6.85. The predicted molar refractivity (Wildman–Crippen MR) is 108 cm³/mol. The normalized spacial score (nSPS) is 15.4. The Labute approximate surface area is 177 Å². The van der Waals surface area contributed by atoms with Gasteiger partial charge in [0, 0.05) is 44.6 Å². The second kappa shape index (κ2) is 10.2. The highest BCUT2D eigenvalue weighted by molar-refractivity contribution is 7.09. The number of thiazole rings is 1. The summed E-state index contributed by atoms with van der Waals surface area (Å²) in [5, 5.41) is 6.03. The lowest BCUT2D eigenvalue weighted by molar-refractivity contribution is -0.176. The van der Waals surface area contributed by atoms with Crippen molar-refractivity contribution in [1.82, 2.24) is 20.1 Å². The highest BCUT2D eigenvalue weighted by atomic mass is 32.1. The smallest absolute Gasteiger partial charge is 0.367 e. The van der Waals surface area contributed by atoms with Gasteiger partial charge in [-0.25, -0.2) is 9.78 Å². The van der Waals surface area contributed by atoms with Gasteiger partial charge in [-0.2, -0.15) is 13.2 Å². The van der Waals surface area contributed by atoms with Crippen LogP contribution in [0.1, 0.15) is 21.8 Å². The third-order valence-corrected chi connectivity index (χ3v) is 5.54. The van der Waals surface area contributed by atoms with E-state index in [1.807, 2.05) is 6.92 Å². The summed E-state index contributed by atoms with van der Waals surface area (Å²) in [4.78, 5) is 21.0. The SMILES string of the molecule is Cc1nc(CN2CCN(C(=O)NCc3ccc(COCC(F)(F)F)cc3)CC2)cs1. The predicted octanol–water partition coefficient (Wildman–Crippen LogP) is 3.56. The lowest BCUT2D eigenvalue weighted by atomic mass is 10.1. The number of carbonyl (C=O) groups excluding carboxylic acids is 1. The first-order valence-electron chi connectivity index (χ1n) is 9.67. The zero-order valence-corrected chi connectivity index (χ0v) is 17.6. The number of alkyl halides is 3. The molecular weight excluding hydrogens is 417 g/mol. The van der Waals surface area contributed by atoms with Crippen LogP contribution in [0.2, 0.25) is 0 Å². The van der Waals surface area contributed by atoms with Crippen LogP contribution in [0.25, 0.3) is 0 Å². The van der Waals surface area contributed by atoms with Crippen molar-refractivity contribution in [3.8, 4) is 0 Å². The topological polar surface area (TPSA) is 57.7 Å². The van der Waals surface area contributed by atoms with Gasteiger partial charge in [-0.05, 0) is 18.1 Å². The maximum atomic E-state index is 12.4. The molecule has 164 valence electrons. The molecule has 2 heterocycles. The molecule has 0 aliphatic carbocycles. The first-order chi connectivity index (χ1) is 14.3. The Morgan fingerprint density at radius 3 is 2.43 bits per heavy atom. The van der Waals surface area contributed by atoms with Crippen LogP contribution in [0.15, 0.2) is 29.6 Å². The molecule has 2 aromatic rings. The molecule has 1 fully saturated rings. The number of nitrogens with one attached hydrogen (secondary N) is 1. The minimum atomic E-state index is -4.32. The number of amides is 2. The van der Waals surface area contributed by atoms with Crippen molar-refractivity contribution in [2.75, 3.05) is 32.8 Å². The molecule has 0 unspecified atom stereocenters. The molecule has 0 atom stereocenters. The van der Waals surface area contributed by atoms with Crippen LogP contribution in [0.5, 0.6) is 0 Å². The van der Waals surface area contributed by atoms with E-state index in [2.05, 4.69) is 25.3 Å². The second-order valence-electron chi connectivity index (χ2n) is 7.20.